The zero-order valence-electron chi connectivity index (χ0n) is 12.0. The van der Waals surface area contributed by atoms with Gasteiger partial charge in [0.15, 0.2) is 0 Å². The lowest BCUT2D eigenvalue weighted by Gasteiger charge is -2.18. The van der Waals surface area contributed by atoms with Crippen LogP contribution in [-0.4, -0.2) is 33.9 Å². The fourth-order valence-corrected chi connectivity index (χ4v) is 2.74. The summed E-state index contributed by atoms with van der Waals surface area (Å²) >= 11 is 0. The van der Waals surface area contributed by atoms with Crippen molar-refractivity contribution in [2.45, 2.75) is 31.9 Å². The molecule has 106 valence electrons. The van der Waals surface area contributed by atoms with Gasteiger partial charge in [-0.3, -0.25) is 0 Å². The van der Waals surface area contributed by atoms with Crippen molar-refractivity contribution in [3.05, 3.63) is 23.3 Å². The van der Waals surface area contributed by atoms with Crippen LogP contribution < -0.4 is 14.8 Å². The van der Waals surface area contributed by atoms with Crippen LogP contribution in [0.25, 0.3) is 0 Å². The standard InChI is InChI=1S/C15H23NO3/c1-17-10-13-14(18-2)7-6-11(15(13)19-3)9-12-5-4-8-16-12/h6-7,12,16H,4-5,8-10H2,1-3H3. The Balaban J connectivity index is 2.28. The molecule has 1 aliphatic heterocycles. The molecule has 0 aromatic heterocycles. The number of methoxy groups -OCH3 is 3. The summed E-state index contributed by atoms with van der Waals surface area (Å²) in [6.45, 7) is 1.62. The molecule has 1 saturated heterocycles. The lowest BCUT2D eigenvalue weighted by atomic mass is 10.00. The second-order valence-corrected chi connectivity index (χ2v) is 4.87. The van der Waals surface area contributed by atoms with Gasteiger partial charge in [0, 0.05) is 13.2 Å². The van der Waals surface area contributed by atoms with E-state index in [0.717, 1.165) is 30.0 Å². The number of hydrogen-bond donors (Lipinski definition) is 1. The van der Waals surface area contributed by atoms with Gasteiger partial charge < -0.3 is 19.5 Å². The van der Waals surface area contributed by atoms with Crippen molar-refractivity contribution in [3.63, 3.8) is 0 Å². The Hall–Kier alpha value is -1.26. The molecule has 1 aromatic carbocycles. The molecule has 0 aliphatic carbocycles. The number of nitrogens with one attached hydrogen (secondary N) is 1. The molecule has 1 unspecified atom stereocenters. The molecule has 1 atom stereocenters. The van der Waals surface area contributed by atoms with Crippen molar-refractivity contribution in [2.24, 2.45) is 0 Å². The topological polar surface area (TPSA) is 39.7 Å². The Kier molecular flexibility index (Phi) is 5.05. The first kappa shape index (κ1) is 14.2. The van der Waals surface area contributed by atoms with Crippen LogP contribution in [0.15, 0.2) is 12.1 Å². The van der Waals surface area contributed by atoms with Crippen LogP contribution in [0.5, 0.6) is 11.5 Å². The highest BCUT2D eigenvalue weighted by molar-refractivity contribution is 5.50. The maximum Gasteiger partial charge on any atom is 0.131 e. The van der Waals surface area contributed by atoms with E-state index in [9.17, 15) is 0 Å². The normalized spacial score (nSPS) is 18.6. The van der Waals surface area contributed by atoms with E-state index in [2.05, 4.69) is 11.4 Å². The monoisotopic (exact) mass is 265 g/mol. The van der Waals surface area contributed by atoms with Gasteiger partial charge in [0.1, 0.15) is 11.5 Å². The second kappa shape index (κ2) is 6.78. The first-order valence-electron chi connectivity index (χ1n) is 6.75. The maximum absolute atomic E-state index is 5.59. The summed E-state index contributed by atoms with van der Waals surface area (Å²) in [5.74, 6) is 1.72. The average Bonchev–Trinajstić information content (AvgIpc) is 2.92. The number of rotatable bonds is 6. The summed E-state index contributed by atoms with van der Waals surface area (Å²) in [5, 5.41) is 3.52. The Labute approximate surface area is 115 Å². The van der Waals surface area contributed by atoms with Gasteiger partial charge in [-0.25, -0.2) is 0 Å². The van der Waals surface area contributed by atoms with Gasteiger partial charge in [0.2, 0.25) is 0 Å². The molecule has 1 aromatic rings. The molecule has 1 heterocycles. The molecule has 19 heavy (non-hydrogen) atoms. The predicted octanol–water partition coefficient (Wildman–Crippen LogP) is 2.14. The minimum atomic E-state index is 0.498. The van der Waals surface area contributed by atoms with Gasteiger partial charge in [0.05, 0.1) is 26.4 Å². The zero-order valence-corrected chi connectivity index (χ0v) is 12.0. The fourth-order valence-electron chi connectivity index (χ4n) is 2.74. The minimum absolute atomic E-state index is 0.498. The SMILES string of the molecule is COCc1c(OC)ccc(CC2CCCN2)c1OC. The van der Waals surface area contributed by atoms with Gasteiger partial charge in [-0.1, -0.05) is 6.07 Å². The van der Waals surface area contributed by atoms with Crippen molar-refractivity contribution in [1.82, 2.24) is 5.32 Å². The van der Waals surface area contributed by atoms with Crippen molar-refractivity contribution in [2.75, 3.05) is 27.9 Å². The Morgan fingerprint density at radius 1 is 1.21 bits per heavy atom. The third kappa shape index (κ3) is 3.19. The molecule has 0 amide bonds. The lowest BCUT2D eigenvalue weighted by Crippen LogP contribution is -2.24. The van der Waals surface area contributed by atoms with Crippen LogP contribution >= 0.6 is 0 Å². The van der Waals surface area contributed by atoms with E-state index in [0.29, 0.717) is 12.6 Å². The average molecular weight is 265 g/mol. The second-order valence-electron chi connectivity index (χ2n) is 4.87. The minimum Gasteiger partial charge on any atom is -0.496 e. The molecule has 1 fully saturated rings. The quantitative estimate of drug-likeness (QED) is 0.855. The summed E-state index contributed by atoms with van der Waals surface area (Å²) in [7, 11) is 5.07. The van der Waals surface area contributed by atoms with Gasteiger partial charge in [-0.15, -0.1) is 0 Å². The first-order chi connectivity index (χ1) is 9.30. The molecule has 0 bridgehead atoms. The van der Waals surface area contributed by atoms with E-state index in [-0.39, 0.29) is 0 Å². The van der Waals surface area contributed by atoms with E-state index in [1.807, 2.05) is 6.07 Å². The lowest BCUT2D eigenvalue weighted by molar-refractivity contribution is 0.178. The van der Waals surface area contributed by atoms with Crippen LogP contribution in [-0.2, 0) is 17.8 Å². The highest BCUT2D eigenvalue weighted by atomic mass is 16.5. The Morgan fingerprint density at radius 3 is 2.63 bits per heavy atom. The zero-order chi connectivity index (χ0) is 13.7. The molecular weight excluding hydrogens is 242 g/mol. The van der Waals surface area contributed by atoms with Crippen molar-refractivity contribution in [1.29, 1.82) is 0 Å². The third-order valence-electron chi connectivity index (χ3n) is 3.64. The summed E-state index contributed by atoms with van der Waals surface area (Å²) in [4.78, 5) is 0. The number of benzene rings is 1. The van der Waals surface area contributed by atoms with Crippen molar-refractivity contribution >= 4 is 0 Å². The fraction of sp³-hybridized carbons (Fsp3) is 0.600. The Bertz CT molecular complexity index is 414. The molecule has 0 radical (unpaired) electrons. The van der Waals surface area contributed by atoms with Crippen LogP contribution in [0.2, 0.25) is 0 Å². The van der Waals surface area contributed by atoms with E-state index in [4.69, 9.17) is 14.2 Å². The molecule has 1 N–H and O–H groups in total. The predicted molar refractivity (Wildman–Crippen MR) is 75.0 cm³/mol. The first-order valence-corrected chi connectivity index (χ1v) is 6.75. The molecule has 1 aliphatic rings. The van der Waals surface area contributed by atoms with E-state index in [1.165, 1.54) is 18.4 Å². The molecule has 0 saturated carbocycles. The molecule has 4 nitrogen and oxygen atoms in total. The number of hydrogen-bond acceptors (Lipinski definition) is 4. The highest BCUT2D eigenvalue weighted by Gasteiger charge is 2.20. The van der Waals surface area contributed by atoms with Crippen LogP contribution in [0.1, 0.15) is 24.0 Å². The smallest absolute Gasteiger partial charge is 0.131 e. The van der Waals surface area contributed by atoms with Crippen molar-refractivity contribution in [3.8, 4) is 11.5 Å². The Morgan fingerprint density at radius 2 is 2.05 bits per heavy atom. The van der Waals surface area contributed by atoms with Gasteiger partial charge in [-0.2, -0.15) is 0 Å². The summed E-state index contributed by atoms with van der Waals surface area (Å²) < 4.78 is 16.2. The van der Waals surface area contributed by atoms with Gasteiger partial charge in [-0.05, 0) is 37.4 Å². The molecule has 2 rings (SSSR count). The summed E-state index contributed by atoms with van der Waals surface area (Å²) in [6.07, 6.45) is 3.48. The largest absolute Gasteiger partial charge is 0.496 e. The van der Waals surface area contributed by atoms with Crippen LogP contribution in [0.3, 0.4) is 0 Å². The molecule has 0 spiro atoms. The van der Waals surface area contributed by atoms with E-state index in [1.54, 1.807) is 21.3 Å². The van der Waals surface area contributed by atoms with Gasteiger partial charge in [0.25, 0.3) is 0 Å². The third-order valence-corrected chi connectivity index (χ3v) is 3.64. The van der Waals surface area contributed by atoms with Crippen molar-refractivity contribution < 1.29 is 14.2 Å². The van der Waals surface area contributed by atoms with Crippen LogP contribution in [0, 0.1) is 0 Å². The maximum atomic E-state index is 5.59. The van der Waals surface area contributed by atoms with E-state index >= 15 is 0 Å². The van der Waals surface area contributed by atoms with Gasteiger partial charge >= 0.3 is 0 Å². The van der Waals surface area contributed by atoms with Crippen LogP contribution in [0.4, 0.5) is 0 Å². The summed E-state index contributed by atoms with van der Waals surface area (Å²) in [5.41, 5.74) is 2.21. The number of ether oxygens (including phenoxy) is 3. The molecular formula is C15H23NO3. The summed E-state index contributed by atoms with van der Waals surface area (Å²) in [6, 6.07) is 4.65. The molecule has 4 heteroatoms. The highest BCUT2D eigenvalue weighted by Crippen LogP contribution is 2.34. The van der Waals surface area contributed by atoms with E-state index < -0.39 is 0 Å².